The summed E-state index contributed by atoms with van der Waals surface area (Å²) in [6, 6.07) is 11.3. The number of nitrogens with two attached hydrogens (primary N) is 1. The van der Waals surface area contributed by atoms with E-state index in [1.165, 1.54) is 32.2 Å². The van der Waals surface area contributed by atoms with Crippen molar-refractivity contribution in [1.29, 1.82) is 0 Å². The maximum atomic E-state index is 10.3. The predicted octanol–water partition coefficient (Wildman–Crippen LogP) is 3.55. The van der Waals surface area contributed by atoms with Gasteiger partial charge in [0.2, 0.25) is 5.82 Å². The fourth-order valence-corrected chi connectivity index (χ4v) is 6.15. The number of likely N-dealkylation sites (tertiary alicyclic amines) is 1. The van der Waals surface area contributed by atoms with Crippen molar-refractivity contribution in [3.8, 4) is 28.8 Å². The van der Waals surface area contributed by atoms with E-state index in [1.807, 2.05) is 30.5 Å². The second-order valence-electron chi connectivity index (χ2n) is 11.2. The molecule has 1 atom stereocenters. The molecule has 0 bridgehead atoms. The van der Waals surface area contributed by atoms with E-state index < -0.39 is 0 Å². The Bertz CT molecular complexity index is 1390. The summed E-state index contributed by atoms with van der Waals surface area (Å²) in [6.45, 7) is 7.70. The molecule has 2 aromatic heterocycles. The van der Waals surface area contributed by atoms with Gasteiger partial charge in [-0.1, -0.05) is 24.5 Å². The monoisotopic (exact) mass is 524 g/mol. The summed E-state index contributed by atoms with van der Waals surface area (Å²) in [5.74, 6) is 8.56. The smallest absolute Gasteiger partial charge is 0.206 e. The molecule has 3 fully saturated rings. The molecule has 0 unspecified atom stereocenters. The van der Waals surface area contributed by atoms with E-state index in [1.54, 1.807) is 12.1 Å². The summed E-state index contributed by atoms with van der Waals surface area (Å²) >= 11 is 0. The Morgan fingerprint density at radius 2 is 1.95 bits per heavy atom. The largest absolute Gasteiger partial charge is 0.507 e. The minimum absolute atomic E-state index is 0.170. The summed E-state index contributed by atoms with van der Waals surface area (Å²) < 4.78 is 0. The van der Waals surface area contributed by atoms with E-state index in [4.69, 9.17) is 10.7 Å². The first-order valence-corrected chi connectivity index (χ1v) is 14.0. The van der Waals surface area contributed by atoms with Crippen molar-refractivity contribution >= 4 is 17.3 Å². The van der Waals surface area contributed by atoms with Crippen LogP contribution >= 0.6 is 0 Å². The minimum atomic E-state index is 0.170. The van der Waals surface area contributed by atoms with E-state index in [0.717, 1.165) is 50.6 Å². The van der Waals surface area contributed by atoms with Gasteiger partial charge in [0, 0.05) is 44.0 Å². The second-order valence-corrected chi connectivity index (χ2v) is 11.2. The fraction of sp³-hybridized carbons (Fsp3) is 0.467. The normalized spacial score (nSPS) is 20.8. The van der Waals surface area contributed by atoms with E-state index >= 15 is 0 Å². The van der Waals surface area contributed by atoms with Crippen LogP contribution in [-0.4, -0.2) is 75.5 Å². The lowest BCUT2D eigenvalue weighted by atomic mass is 9.68. The van der Waals surface area contributed by atoms with Gasteiger partial charge in [0.25, 0.3) is 0 Å². The number of nitrogen functional groups attached to an aromatic ring is 1. The third-order valence-electron chi connectivity index (χ3n) is 8.65. The van der Waals surface area contributed by atoms with Gasteiger partial charge in [0.15, 0.2) is 5.82 Å². The van der Waals surface area contributed by atoms with Crippen LogP contribution in [0.4, 0.5) is 17.3 Å². The number of phenolic OH excluding ortho intramolecular Hbond substituents is 1. The zero-order chi connectivity index (χ0) is 26.8. The van der Waals surface area contributed by atoms with Crippen LogP contribution in [0.25, 0.3) is 11.3 Å². The van der Waals surface area contributed by atoms with Gasteiger partial charge in [-0.2, -0.15) is 0 Å². The van der Waals surface area contributed by atoms with Crippen LogP contribution in [-0.2, 0) is 0 Å². The number of benzene rings is 1. The van der Waals surface area contributed by atoms with Crippen LogP contribution < -0.4 is 15.5 Å². The standard InChI is InChI=1S/C30H36N8O/c1-22-10-16-37(25-20-24(34-35-29(25)31)23-6-2-3-7-26(23)39)18-19-38(22)28-9-14-32-27(33-28)8-4-15-36-17-13-30(21-36)11-5-12-30/h2-3,6-7,9,14,20,22,39H,5,10-13,15-19,21H2,1H3,(H2,31,35)/t22-/m1/s1. The Morgan fingerprint density at radius 3 is 2.74 bits per heavy atom. The van der Waals surface area contributed by atoms with Gasteiger partial charge in [0.05, 0.1) is 17.9 Å². The zero-order valence-corrected chi connectivity index (χ0v) is 22.6. The van der Waals surface area contributed by atoms with Gasteiger partial charge >= 0.3 is 0 Å². The molecule has 4 heterocycles. The second kappa shape index (κ2) is 10.7. The van der Waals surface area contributed by atoms with Crippen molar-refractivity contribution in [2.24, 2.45) is 5.41 Å². The van der Waals surface area contributed by atoms with Crippen molar-refractivity contribution in [2.45, 2.75) is 45.1 Å². The zero-order valence-electron chi connectivity index (χ0n) is 22.6. The lowest BCUT2D eigenvalue weighted by Crippen LogP contribution is -2.35. The molecule has 3 aromatic rings. The number of aromatic hydroxyl groups is 1. The summed E-state index contributed by atoms with van der Waals surface area (Å²) in [7, 11) is 0. The van der Waals surface area contributed by atoms with Crippen molar-refractivity contribution in [2.75, 3.05) is 54.8 Å². The van der Waals surface area contributed by atoms with E-state index in [-0.39, 0.29) is 11.8 Å². The van der Waals surface area contributed by atoms with Gasteiger partial charge in [-0.05, 0) is 74.8 Å². The molecule has 9 heteroatoms. The number of aromatic nitrogens is 4. The van der Waals surface area contributed by atoms with Crippen LogP contribution in [0, 0.1) is 17.3 Å². The first-order chi connectivity index (χ1) is 19.0. The predicted molar refractivity (Wildman–Crippen MR) is 153 cm³/mol. The average molecular weight is 525 g/mol. The molecule has 3 aliphatic rings. The number of phenols is 1. The van der Waals surface area contributed by atoms with Crippen molar-refractivity contribution in [3.63, 3.8) is 0 Å². The Morgan fingerprint density at radius 1 is 1.08 bits per heavy atom. The minimum Gasteiger partial charge on any atom is -0.507 e. The number of hydrogen-bond acceptors (Lipinski definition) is 9. The molecule has 3 N–H and O–H groups in total. The van der Waals surface area contributed by atoms with Crippen molar-refractivity contribution in [1.82, 2.24) is 25.1 Å². The molecule has 6 rings (SSSR count). The SMILES string of the molecule is C[C@@H]1CCN(c2cc(-c3ccccc3O)nnc2N)CCN1c1ccnc(C#CCN2CCC3(CCC3)C2)n1. The third-order valence-corrected chi connectivity index (χ3v) is 8.65. The van der Waals surface area contributed by atoms with Crippen molar-refractivity contribution in [3.05, 3.63) is 48.4 Å². The Labute approximate surface area is 230 Å². The summed E-state index contributed by atoms with van der Waals surface area (Å²) in [5.41, 5.74) is 8.94. The van der Waals surface area contributed by atoms with Gasteiger partial charge in [-0.25, -0.2) is 9.97 Å². The molecule has 0 amide bonds. The molecule has 1 aromatic carbocycles. The molecule has 0 radical (unpaired) electrons. The molecule has 1 aliphatic carbocycles. The lowest BCUT2D eigenvalue weighted by molar-refractivity contribution is 0.143. The van der Waals surface area contributed by atoms with Crippen molar-refractivity contribution < 1.29 is 5.11 Å². The maximum absolute atomic E-state index is 10.3. The van der Waals surface area contributed by atoms with Gasteiger partial charge in [-0.3, -0.25) is 4.90 Å². The summed E-state index contributed by atoms with van der Waals surface area (Å²) in [6.07, 6.45) is 8.21. The number of rotatable bonds is 4. The first kappa shape index (κ1) is 25.4. The highest BCUT2D eigenvalue weighted by atomic mass is 16.3. The van der Waals surface area contributed by atoms with Gasteiger partial charge in [0.1, 0.15) is 11.6 Å². The summed E-state index contributed by atoms with van der Waals surface area (Å²) in [5, 5.41) is 18.7. The molecular weight excluding hydrogens is 488 g/mol. The molecule has 1 spiro atoms. The van der Waals surface area contributed by atoms with Crippen LogP contribution in [0.3, 0.4) is 0 Å². The number of para-hydroxylation sites is 1. The number of nitrogens with zero attached hydrogens (tertiary/aromatic N) is 7. The van der Waals surface area contributed by atoms with E-state index in [0.29, 0.717) is 28.3 Å². The molecule has 9 nitrogen and oxygen atoms in total. The first-order valence-electron chi connectivity index (χ1n) is 14.0. The van der Waals surface area contributed by atoms with Crippen LogP contribution in [0.1, 0.15) is 44.9 Å². The topological polar surface area (TPSA) is 108 Å². The molecule has 202 valence electrons. The maximum Gasteiger partial charge on any atom is 0.206 e. The van der Waals surface area contributed by atoms with Crippen LogP contribution in [0.5, 0.6) is 5.75 Å². The quantitative estimate of drug-likeness (QED) is 0.496. The highest BCUT2D eigenvalue weighted by Gasteiger charge is 2.42. The van der Waals surface area contributed by atoms with Crippen LogP contribution in [0.2, 0.25) is 0 Å². The molecule has 39 heavy (non-hydrogen) atoms. The molecular formula is C30H36N8O. The Hall–Kier alpha value is -3.90. The lowest BCUT2D eigenvalue weighted by Gasteiger charge is -2.38. The third kappa shape index (κ3) is 5.34. The van der Waals surface area contributed by atoms with Crippen LogP contribution in [0.15, 0.2) is 42.6 Å². The molecule has 2 saturated heterocycles. The molecule has 2 aliphatic heterocycles. The average Bonchev–Trinajstić information content (AvgIpc) is 3.28. The highest BCUT2D eigenvalue weighted by Crippen LogP contribution is 2.47. The van der Waals surface area contributed by atoms with E-state index in [2.05, 4.69) is 48.6 Å². The molecule has 1 saturated carbocycles. The fourth-order valence-electron chi connectivity index (χ4n) is 6.15. The number of anilines is 3. The Kier molecular flexibility index (Phi) is 6.96. The van der Waals surface area contributed by atoms with E-state index in [9.17, 15) is 5.11 Å². The number of hydrogen-bond donors (Lipinski definition) is 2. The van der Waals surface area contributed by atoms with Gasteiger partial charge < -0.3 is 20.6 Å². The highest BCUT2D eigenvalue weighted by molar-refractivity contribution is 5.74. The summed E-state index contributed by atoms with van der Waals surface area (Å²) in [4.78, 5) is 16.3. The van der Waals surface area contributed by atoms with Gasteiger partial charge in [-0.15, -0.1) is 10.2 Å². The Balaban J connectivity index is 1.14.